The number of ketones is 1. The number of aromatic nitrogens is 1. The van der Waals surface area contributed by atoms with E-state index in [1.54, 1.807) is 24.3 Å². The number of nitrogen functional groups attached to an aromatic ring is 1. The number of hydrogen-bond donors (Lipinski definition) is 1. The number of pyridine rings is 1. The van der Waals surface area contributed by atoms with Crippen LogP contribution in [0.4, 0.5) is 10.2 Å². The van der Waals surface area contributed by atoms with Crippen LogP contribution in [-0.4, -0.2) is 11.5 Å². The van der Waals surface area contributed by atoms with E-state index >= 15 is 0 Å². The molecule has 0 saturated heterocycles. The number of rotatable bonds is 5. The first kappa shape index (κ1) is 20.3. The van der Waals surface area contributed by atoms with Crippen molar-refractivity contribution < 1.29 is 14.2 Å². The first-order chi connectivity index (χ1) is 13.9. The largest absolute Gasteiger partial charge is 0.293 e. The molecule has 0 spiro atoms. The number of thioether (sulfide) groups is 1. The van der Waals surface area contributed by atoms with Crippen LogP contribution in [-0.2, 0) is 0 Å². The molecule has 8 heteroatoms. The normalized spacial score (nSPS) is 10.2. The Bertz CT molecular complexity index is 1170. The van der Waals surface area contributed by atoms with Crippen molar-refractivity contribution in [1.82, 2.24) is 0 Å². The Morgan fingerprint density at radius 3 is 2.28 bits per heavy atom. The molecule has 0 radical (unpaired) electrons. The number of carbonyl (C=O) groups is 1. The van der Waals surface area contributed by atoms with Crippen LogP contribution in [0, 0.1) is 28.5 Å². The number of H-pyrrole nitrogens is 1. The molecule has 0 aliphatic heterocycles. The van der Waals surface area contributed by atoms with Crippen LogP contribution in [0.1, 0.15) is 21.5 Å². The Morgan fingerprint density at radius 2 is 1.69 bits per heavy atom. The van der Waals surface area contributed by atoms with Crippen LogP contribution >= 0.6 is 23.4 Å². The molecule has 29 heavy (non-hydrogen) atoms. The van der Waals surface area contributed by atoms with E-state index < -0.39 is 5.82 Å². The molecule has 2 aromatic carbocycles. The van der Waals surface area contributed by atoms with Gasteiger partial charge in [0.2, 0.25) is 0 Å². The molecule has 3 N–H and O–H groups in total. The van der Waals surface area contributed by atoms with Gasteiger partial charge >= 0.3 is 0 Å². The highest BCUT2D eigenvalue weighted by molar-refractivity contribution is 7.99. The summed E-state index contributed by atoms with van der Waals surface area (Å²) >= 11 is 7.02. The van der Waals surface area contributed by atoms with Gasteiger partial charge in [-0.1, -0.05) is 35.5 Å². The van der Waals surface area contributed by atoms with Crippen molar-refractivity contribution in [2.75, 3.05) is 11.5 Å². The van der Waals surface area contributed by atoms with Gasteiger partial charge in [-0.05, 0) is 42.0 Å². The number of anilines is 1. The Balaban J connectivity index is 2.00. The Hall–Kier alpha value is -3.39. The van der Waals surface area contributed by atoms with E-state index in [1.165, 1.54) is 24.3 Å². The van der Waals surface area contributed by atoms with Gasteiger partial charge in [-0.15, -0.1) is 0 Å². The molecule has 3 rings (SSSR count). The summed E-state index contributed by atoms with van der Waals surface area (Å²) in [5.41, 5.74) is 7.68. The van der Waals surface area contributed by atoms with Crippen molar-refractivity contribution >= 4 is 35.0 Å². The zero-order valence-electron chi connectivity index (χ0n) is 14.9. The van der Waals surface area contributed by atoms with Crippen LogP contribution < -0.4 is 10.7 Å². The maximum Gasteiger partial charge on any atom is 0.289 e. The highest BCUT2D eigenvalue weighted by Gasteiger charge is 2.24. The second-order valence-corrected chi connectivity index (χ2v) is 7.36. The fraction of sp³-hybridized carbons (Fsp3) is 0.0476. The average molecular weight is 424 g/mol. The lowest BCUT2D eigenvalue weighted by molar-refractivity contribution is -0.410. The number of aromatic amines is 1. The molecule has 142 valence electrons. The van der Waals surface area contributed by atoms with Crippen LogP contribution in [0.15, 0.2) is 53.6 Å². The highest BCUT2D eigenvalue weighted by Crippen LogP contribution is 2.34. The predicted molar refractivity (Wildman–Crippen MR) is 109 cm³/mol. The van der Waals surface area contributed by atoms with E-state index in [0.717, 1.165) is 11.8 Å². The van der Waals surface area contributed by atoms with Gasteiger partial charge in [-0.3, -0.25) is 10.5 Å². The quantitative estimate of drug-likeness (QED) is 0.487. The van der Waals surface area contributed by atoms with E-state index in [4.69, 9.17) is 17.3 Å². The van der Waals surface area contributed by atoms with Gasteiger partial charge < -0.3 is 0 Å². The summed E-state index contributed by atoms with van der Waals surface area (Å²) in [6, 6.07) is 16.0. The highest BCUT2D eigenvalue weighted by atomic mass is 35.5. The Kier molecular flexibility index (Phi) is 6.13. The van der Waals surface area contributed by atoms with Gasteiger partial charge in [0.05, 0.1) is 5.75 Å². The van der Waals surface area contributed by atoms with Crippen LogP contribution in [0.3, 0.4) is 0 Å². The molecule has 0 aliphatic carbocycles. The number of halogens is 2. The van der Waals surface area contributed by atoms with Gasteiger partial charge in [-0.25, -0.2) is 9.37 Å². The van der Waals surface area contributed by atoms with E-state index in [0.29, 0.717) is 26.7 Å². The van der Waals surface area contributed by atoms with Gasteiger partial charge in [0.15, 0.2) is 10.8 Å². The lowest BCUT2D eigenvalue weighted by Crippen LogP contribution is -2.19. The molecule has 0 bridgehead atoms. The summed E-state index contributed by atoms with van der Waals surface area (Å²) in [4.78, 5) is 15.2. The molecule has 0 saturated carbocycles. The molecule has 0 fully saturated rings. The van der Waals surface area contributed by atoms with Crippen molar-refractivity contribution in [1.29, 1.82) is 10.5 Å². The number of nitrogens with two attached hydrogens (primary N) is 1. The third kappa shape index (κ3) is 4.38. The van der Waals surface area contributed by atoms with Crippen molar-refractivity contribution in [2.45, 2.75) is 5.03 Å². The molecule has 0 unspecified atom stereocenters. The first-order valence-corrected chi connectivity index (χ1v) is 9.67. The molecule has 0 aliphatic rings. The Labute approximate surface area is 175 Å². The first-order valence-electron chi connectivity index (χ1n) is 8.31. The molecular weight excluding hydrogens is 411 g/mol. The minimum absolute atomic E-state index is 0.00219. The number of Topliss-reactive ketones (excluding diaryl/α,β-unsaturated/α-hetero) is 1. The number of carbonyl (C=O) groups excluding carboxylic acids is 1. The summed E-state index contributed by atoms with van der Waals surface area (Å²) in [5, 5.41) is 20.2. The van der Waals surface area contributed by atoms with E-state index in [9.17, 15) is 19.7 Å². The lowest BCUT2D eigenvalue weighted by Gasteiger charge is -2.10. The van der Waals surface area contributed by atoms with Crippen LogP contribution in [0.2, 0.25) is 5.02 Å². The lowest BCUT2D eigenvalue weighted by atomic mass is 9.97. The van der Waals surface area contributed by atoms with E-state index in [2.05, 4.69) is 11.1 Å². The third-order valence-corrected chi connectivity index (χ3v) is 5.37. The standard InChI is InChI=1S/C21H12ClFN4OS/c22-14-5-1-13(2-6-14)19-16(9-24)20(26)27-21(17(19)10-25)29-11-18(28)12-3-7-15(23)8-4-12/h1-8H,11H2,(H2,26,27)/p+1. The minimum atomic E-state index is -0.429. The zero-order chi connectivity index (χ0) is 21.0. The summed E-state index contributed by atoms with van der Waals surface area (Å²) in [6.07, 6.45) is 0. The molecule has 5 nitrogen and oxygen atoms in total. The molecular formula is C21H13ClFN4OS+. The van der Waals surface area contributed by atoms with Crippen molar-refractivity contribution in [2.24, 2.45) is 0 Å². The number of hydrogen-bond acceptors (Lipinski definition) is 5. The number of nitrogens with one attached hydrogen (secondary N) is 1. The molecule has 0 amide bonds. The molecule has 0 atom stereocenters. The second-order valence-electron chi connectivity index (χ2n) is 5.94. The van der Waals surface area contributed by atoms with Gasteiger partial charge in [-0.2, -0.15) is 10.5 Å². The number of nitriles is 2. The zero-order valence-corrected chi connectivity index (χ0v) is 16.4. The monoisotopic (exact) mass is 423 g/mol. The molecule has 3 aromatic rings. The predicted octanol–water partition coefficient (Wildman–Crippen LogP) is 4.26. The SMILES string of the molecule is N#Cc1c(N)[nH+]c(SCC(=O)c2ccc(F)cc2)c(C#N)c1-c1ccc(Cl)cc1. The van der Waals surface area contributed by atoms with Crippen LogP contribution in [0.5, 0.6) is 0 Å². The number of benzene rings is 2. The molecule has 1 heterocycles. The van der Waals surface area contributed by atoms with Gasteiger partial charge in [0.1, 0.15) is 29.1 Å². The van der Waals surface area contributed by atoms with Gasteiger partial charge in [0, 0.05) is 16.1 Å². The third-order valence-electron chi connectivity index (χ3n) is 4.11. The maximum atomic E-state index is 13.0. The fourth-order valence-corrected chi connectivity index (χ4v) is 3.76. The van der Waals surface area contributed by atoms with E-state index in [1.807, 2.05) is 6.07 Å². The maximum absolute atomic E-state index is 13.0. The number of nitrogens with zero attached hydrogens (tertiary/aromatic N) is 2. The summed E-state index contributed by atoms with van der Waals surface area (Å²) in [6.45, 7) is 0. The summed E-state index contributed by atoms with van der Waals surface area (Å²) in [7, 11) is 0. The average Bonchev–Trinajstić information content (AvgIpc) is 2.72. The van der Waals surface area contributed by atoms with E-state index in [-0.39, 0.29) is 28.5 Å². The second kappa shape index (κ2) is 8.74. The minimum Gasteiger partial charge on any atom is -0.293 e. The van der Waals surface area contributed by atoms with Crippen molar-refractivity contribution in [3.05, 3.63) is 76.1 Å². The summed E-state index contributed by atoms with van der Waals surface area (Å²) in [5.74, 6) is -0.569. The summed E-state index contributed by atoms with van der Waals surface area (Å²) < 4.78 is 13.0. The van der Waals surface area contributed by atoms with Crippen molar-refractivity contribution in [3.8, 4) is 23.3 Å². The Morgan fingerprint density at radius 1 is 1.07 bits per heavy atom. The van der Waals surface area contributed by atoms with Gasteiger partial charge in [0.25, 0.3) is 5.82 Å². The molecule has 1 aromatic heterocycles. The van der Waals surface area contributed by atoms with Crippen LogP contribution in [0.25, 0.3) is 11.1 Å². The smallest absolute Gasteiger partial charge is 0.289 e. The van der Waals surface area contributed by atoms with Crippen molar-refractivity contribution in [3.63, 3.8) is 0 Å². The fourth-order valence-electron chi connectivity index (χ4n) is 2.71. The topological polar surface area (TPSA) is 105 Å².